The number of hydrogen-bond donors (Lipinski definition) is 1. The van der Waals surface area contributed by atoms with Gasteiger partial charge in [0.25, 0.3) is 0 Å². The van der Waals surface area contributed by atoms with Crippen LogP contribution in [0, 0.1) is 5.82 Å². The highest BCUT2D eigenvalue weighted by atomic mass is 19.1. The molecule has 21 heavy (non-hydrogen) atoms. The highest BCUT2D eigenvalue weighted by molar-refractivity contribution is 5.89. The van der Waals surface area contributed by atoms with Gasteiger partial charge in [0.2, 0.25) is 0 Å². The zero-order valence-electron chi connectivity index (χ0n) is 12.3. The lowest BCUT2D eigenvalue weighted by atomic mass is 10.1. The van der Waals surface area contributed by atoms with Crippen LogP contribution in [0.2, 0.25) is 0 Å². The number of carbonyl (C=O) groups is 1. The molecule has 110 valence electrons. The summed E-state index contributed by atoms with van der Waals surface area (Å²) in [4.78, 5) is 13.6. The Bertz CT molecular complexity index is 593. The minimum Gasteiger partial charge on any atom is -0.323 e. The molecular formula is C17H19FN2O. The van der Waals surface area contributed by atoms with Crippen molar-refractivity contribution in [2.45, 2.75) is 19.9 Å². The van der Waals surface area contributed by atoms with Gasteiger partial charge in [-0.15, -0.1) is 0 Å². The number of rotatable bonds is 4. The van der Waals surface area contributed by atoms with Gasteiger partial charge in [-0.2, -0.15) is 0 Å². The zero-order valence-corrected chi connectivity index (χ0v) is 12.3. The molecule has 2 aromatic rings. The summed E-state index contributed by atoms with van der Waals surface area (Å²) in [5.74, 6) is -0.322. The van der Waals surface area contributed by atoms with Gasteiger partial charge in [-0.3, -0.25) is 0 Å². The number of hydrogen-bond acceptors (Lipinski definition) is 1. The zero-order chi connectivity index (χ0) is 15.2. The first-order valence-corrected chi connectivity index (χ1v) is 6.94. The third-order valence-electron chi connectivity index (χ3n) is 3.29. The Labute approximate surface area is 124 Å². The van der Waals surface area contributed by atoms with Gasteiger partial charge < -0.3 is 10.2 Å². The molecule has 0 aliphatic carbocycles. The predicted octanol–water partition coefficient (Wildman–Crippen LogP) is 4.05. The smallest absolute Gasteiger partial charge is 0.321 e. The first kappa shape index (κ1) is 15.0. The van der Waals surface area contributed by atoms with Crippen LogP contribution in [-0.2, 0) is 13.0 Å². The maximum atomic E-state index is 12.8. The standard InChI is InChI=1S/C17H19FN2O/c1-3-13-4-6-14(7-5-13)12-20(2)17(21)19-16-10-8-15(18)9-11-16/h4-11H,3,12H2,1-2H3,(H,19,21). The van der Waals surface area contributed by atoms with E-state index in [4.69, 9.17) is 0 Å². The van der Waals surface area contributed by atoms with Crippen molar-refractivity contribution in [2.75, 3.05) is 12.4 Å². The molecule has 0 aliphatic rings. The molecular weight excluding hydrogens is 267 g/mol. The van der Waals surface area contributed by atoms with Crippen molar-refractivity contribution in [3.8, 4) is 0 Å². The molecule has 2 amide bonds. The first-order chi connectivity index (χ1) is 10.1. The topological polar surface area (TPSA) is 32.3 Å². The summed E-state index contributed by atoms with van der Waals surface area (Å²) in [7, 11) is 1.73. The van der Waals surface area contributed by atoms with Crippen LogP contribution in [0.25, 0.3) is 0 Å². The first-order valence-electron chi connectivity index (χ1n) is 6.94. The van der Waals surface area contributed by atoms with Gasteiger partial charge in [-0.05, 0) is 41.8 Å². The molecule has 0 bridgehead atoms. The molecule has 0 radical (unpaired) electrons. The highest BCUT2D eigenvalue weighted by Gasteiger charge is 2.09. The summed E-state index contributed by atoms with van der Waals surface area (Å²) in [6, 6.07) is 13.7. The van der Waals surface area contributed by atoms with Crippen LogP contribution in [0.5, 0.6) is 0 Å². The van der Waals surface area contributed by atoms with Crippen molar-refractivity contribution in [2.24, 2.45) is 0 Å². The average Bonchev–Trinajstić information content (AvgIpc) is 2.50. The van der Waals surface area contributed by atoms with Gasteiger partial charge >= 0.3 is 6.03 Å². The van der Waals surface area contributed by atoms with Crippen LogP contribution in [0.3, 0.4) is 0 Å². The van der Waals surface area contributed by atoms with Crippen LogP contribution in [0.15, 0.2) is 48.5 Å². The number of halogens is 1. The number of benzene rings is 2. The van der Waals surface area contributed by atoms with Crippen molar-refractivity contribution in [1.82, 2.24) is 4.90 Å². The molecule has 2 rings (SSSR count). The van der Waals surface area contributed by atoms with Crippen LogP contribution in [-0.4, -0.2) is 18.0 Å². The second kappa shape index (κ2) is 6.88. The molecule has 0 aliphatic heterocycles. The molecule has 0 fully saturated rings. The number of urea groups is 1. The largest absolute Gasteiger partial charge is 0.323 e. The Kier molecular flexibility index (Phi) is 4.93. The van der Waals surface area contributed by atoms with E-state index >= 15 is 0 Å². The maximum Gasteiger partial charge on any atom is 0.321 e. The minimum atomic E-state index is -0.322. The molecule has 0 saturated heterocycles. The third-order valence-corrected chi connectivity index (χ3v) is 3.29. The normalized spacial score (nSPS) is 10.2. The second-order valence-corrected chi connectivity index (χ2v) is 4.96. The van der Waals surface area contributed by atoms with Crippen molar-refractivity contribution < 1.29 is 9.18 Å². The van der Waals surface area contributed by atoms with Gasteiger partial charge in [0.15, 0.2) is 0 Å². The summed E-state index contributed by atoms with van der Waals surface area (Å²) < 4.78 is 12.8. The Morgan fingerprint density at radius 3 is 2.19 bits per heavy atom. The van der Waals surface area contributed by atoms with Gasteiger partial charge in [-0.25, -0.2) is 9.18 Å². The number of aryl methyl sites for hydroxylation is 1. The molecule has 0 heterocycles. The van der Waals surface area contributed by atoms with E-state index in [1.807, 2.05) is 12.1 Å². The summed E-state index contributed by atoms with van der Waals surface area (Å²) in [6.45, 7) is 2.63. The van der Waals surface area contributed by atoms with Crippen LogP contribution in [0.1, 0.15) is 18.1 Å². The van der Waals surface area contributed by atoms with Crippen LogP contribution < -0.4 is 5.32 Å². The van der Waals surface area contributed by atoms with Gasteiger partial charge in [-0.1, -0.05) is 31.2 Å². The molecule has 2 aromatic carbocycles. The number of nitrogens with zero attached hydrogens (tertiary/aromatic N) is 1. The van der Waals surface area contributed by atoms with Crippen molar-refractivity contribution in [3.05, 3.63) is 65.5 Å². The Morgan fingerprint density at radius 2 is 1.62 bits per heavy atom. The molecule has 0 saturated carbocycles. The molecule has 3 nitrogen and oxygen atoms in total. The molecule has 0 atom stereocenters. The quantitative estimate of drug-likeness (QED) is 0.903. The molecule has 0 unspecified atom stereocenters. The maximum absolute atomic E-state index is 12.8. The van der Waals surface area contributed by atoms with Crippen LogP contribution in [0.4, 0.5) is 14.9 Å². The lowest BCUT2D eigenvalue weighted by molar-refractivity contribution is 0.220. The van der Waals surface area contributed by atoms with E-state index in [-0.39, 0.29) is 11.8 Å². The lowest BCUT2D eigenvalue weighted by Crippen LogP contribution is -2.30. The fourth-order valence-electron chi connectivity index (χ4n) is 1.98. The van der Waals surface area contributed by atoms with Gasteiger partial charge in [0.1, 0.15) is 5.82 Å². The molecule has 4 heteroatoms. The Balaban J connectivity index is 1.93. The van der Waals surface area contributed by atoms with E-state index in [2.05, 4.69) is 24.4 Å². The Morgan fingerprint density at radius 1 is 1.05 bits per heavy atom. The SMILES string of the molecule is CCc1ccc(CN(C)C(=O)Nc2ccc(F)cc2)cc1. The number of nitrogens with one attached hydrogen (secondary N) is 1. The average molecular weight is 286 g/mol. The Hall–Kier alpha value is -2.36. The monoisotopic (exact) mass is 286 g/mol. The summed E-state index contributed by atoms with van der Waals surface area (Å²) in [5.41, 5.74) is 2.93. The van der Waals surface area contributed by atoms with E-state index in [0.717, 1.165) is 12.0 Å². The molecule has 1 N–H and O–H groups in total. The van der Waals surface area contributed by atoms with E-state index < -0.39 is 0 Å². The number of anilines is 1. The predicted molar refractivity (Wildman–Crippen MR) is 82.7 cm³/mol. The highest BCUT2D eigenvalue weighted by Crippen LogP contribution is 2.11. The lowest BCUT2D eigenvalue weighted by Gasteiger charge is -2.18. The second-order valence-electron chi connectivity index (χ2n) is 4.96. The van der Waals surface area contributed by atoms with E-state index in [0.29, 0.717) is 12.2 Å². The van der Waals surface area contributed by atoms with Crippen molar-refractivity contribution in [1.29, 1.82) is 0 Å². The third kappa shape index (κ3) is 4.31. The van der Waals surface area contributed by atoms with E-state index in [1.54, 1.807) is 11.9 Å². The van der Waals surface area contributed by atoms with Crippen LogP contribution >= 0.6 is 0 Å². The number of carbonyl (C=O) groups excluding carboxylic acids is 1. The van der Waals surface area contributed by atoms with E-state index in [9.17, 15) is 9.18 Å². The fraction of sp³-hybridized carbons (Fsp3) is 0.235. The minimum absolute atomic E-state index is 0.221. The molecule has 0 aromatic heterocycles. The summed E-state index contributed by atoms with van der Waals surface area (Å²) in [6.07, 6.45) is 1.00. The summed E-state index contributed by atoms with van der Waals surface area (Å²) in [5, 5.41) is 2.73. The molecule has 0 spiro atoms. The van der Waals surface area contributed by atoms with E-state index in [1.165, 1.54) is 29.8 Å². The van der Waals surface area contributed by atoms with Crippen molar-refractivity contribution >= 4 is 11.7 Å². The number of amides is 2. The fourth-order valence-corrected chi connectivity index (χ4v) is 1.98. The summed E-state index contributed by atoms with van der Waals surface area (Å²) >= 11 is 0. The van der Waals surface area contributed by atoms with Gasteiger partial charge in [0, 0.05) is 19.3 Å². The van der Waals surface area contributed by atoms with Gasteiger partial charge in [0.05, 0.1) is 0 Å². The van der Waals surface area contributed by atoms with Crippen molar-refractivity contribution in [3.63, 3.8) is 0 Å².